The number of ether oxygens (including phenoxy) is 1. The van der Waals surface area contributed by atoms with E-state index in [-0.39, 0.29) is 18.3 Å². The molecule has 0 fully saturated rings. The lowest BCUT2D eigenvalue weighted by Gasteiger charge is -2.21. The number of nitrogens with zero attached hydrogens (tertiary/aromatic N) is 3. The van der Waals surface area contributed by atoms with Gasteiger partial charge < -0.3 is 9.64 Å². The maximum atomic E-state index is 13.3. The van der Waals surface area contributed by atoms with Gasteiger partial charge in [0, 0.05) is 12.1 Å². The molecule has 0 aliphatic carbocycles. The summed E-state index contributed by atoms with van der Waals surface area (Å²) >= 11 is 1.55. The first-order valence-corrected chi connectivity index (χ1v) is 10.2. The molecule has 0 aliphatic heterocycles. The van der Waals surface area contributed by atoms with Gasteiger partial charge in [0.2, 0.25) is 0 Å². The lowest BCUT2D eigenvalue weighted by atomic mass is 10.1. The van der Waals surface area contributed by atoms with Crippen LogP contribution in [-0.2, 0) is 0 Å². The number of carbonyl (C=O) groups excluding carboxylic acids is 1. The van der Waals surface area contributed by atoms with Crippen molar-refractivity contribution in [3.8, 4) is 5.75 Å². The Bertz CT molecular complexity index is 987. The summed E-state index contributed by atoms with van der Waals surface area (Å²) < 4.78 is 6.54. The number of carbonyl (C=O) groups is 1. The zero-order valence-electron chi connectivity index (χ0n) is 17.6. The quantitative estimate of drug-likeness (QED) is 0.529. The molecule has 156 valence electrons. The first kappa shape index (κ1) is 23.1. The summed E-state index contributed by atoms with van der Waals surface area (Å²) in [5.41, 5.74) is 3.71. The highest BCUT2D eigenvalue weighted by atomic mass is 35.5. The van der Waals surface area contributed by atoms with Gasteiger partial charge in [-0.25, -0.2) is 4.98 Å². The van der Waals surface area contributed by atoms with Gasteiger partial charge in [0.15, 0.2) is 5.13 Å². The first-order valence-electron chi connectivity index (χ1n) is 9.38. The molecular weight excluding hydrogens is 406 g/mol. The third-order valence-corrected chi connectivity index (χ3v) is 5.85. The number of aryl methyl sites for hydroxylation is 2. The second kappa shape index (κ2) is 10.1. The Morgan fingerprint density at radius 2 is 1.90 bits per heavy atom. The van der Waals surface area contributed by atoms with Crippen LogP contribution in [0.15, 0.2) is 36.4 Å². The lowest BCUT2D eigenvalue weighted by molar-refractivity contribution is 0.0986. The summed E-state index contributed by atoms with van der Waals surface area (Å²) in [7, 11) is 5.73. The number of thiazole rings is 1. The fraction of sp³-hybridized carbons (Fsp3) is 0.364. The molecule has 3 aromatic rings. The number of aromatic nitrogens is 1. The Hall–Kier alpha value is -2.15. The predicted molar refractivity (Wildman–Crippen MR) is 124 cm³/mol. The largest absolute Gasteiger partial charge is 0.494 e. The minimum atomic E-state index is -0.0156. The van der Waals surface area contributed by atoms with Crippen molar-refractivity contribution in [1.29, 1.82) is 0 Å². The molecule has 5 nitrogen and oxygen atoms in total. The summed E-state index contributed by atoms with van der Waals surface area (Å²) in [5, 5.41) is 0.716. The number of halogens is 1. The highest BCUT2D eigenvalue weighted by molar-refractivity contribution is 7.22. The number of amides is 1. The zero-order chi connectivity index (χ0) is 20.3. The molecule has 3 rings (SSSR count). The van der Waals surface area contributed by atoms with Crippen LogP contribution in [0.3, 0.4) is 0 Å². The zero-order valence-corrected chi connectivity index (χ0v) is 19.2. The summed E-state index contributed by atoms with van der Waals surface area (Å²) in [6, 6.07) is 11.7. The molecule has 0 aliphatic rings. The SMILES string of the molecule is COc1ccc(C)c2sc(N(CCCN(C)C)C(=O)c3cccc(C)c3)nc12.Cl. The van der Waals surface area contributed by atoms with Gasteiger partial charge in [-0.2, -0.15) is 0 Å². The van der Waals surface area contributed by atoms with Gasteiger partial charge in [-0.05, 0) is 64.7 Å². The van der Waals surface area contributed by atoms with Gasteiger partial charge in [0.05, 0.1) is 11.8 Å². The van der Waals surface area contributed by atoms with Gasteiger partial charge in [-0.15, -0.1) is 12.4 Å². The number of rotatable bonds is 7. The Labute approximate surface area is 182 Å². The minimum absolute atomic E-state index is 0. The van der Waals surface area contributed by atoms with E-state index >= 15 is 0 Å². The molecule has 7 heteroatoms. The van der Waals surface area contributed by atoms with Gasteiger partial charge in [0.1, 0.15) is 11.3 Å². The number of hydrogen-bond acceptors (Lipinski definition) is 5. The monoisotopic (exact) mass is 433 g/mol. The van der Waals surface area contributed by atoms with E-state index in [0.717, 1.165) is 40.1 Å². The van der Waals surface area contributed by atoms with Crippen molar-refractivity contribution < 1.29 is 9.53 Å². The molecule has 0 radical (unpaired) electrons. The van der Waals surface area contributed by atoms with Crippen molar-refractivity contribution in [2.45, 2.75) is 20.3 Å². The predicted octanol–water partition coefficient (Wildman–Crippen LogP) is 4.94. The number of methoxy groups -OCH3 is 1. The molecule has 0 saturated carbocycles. The summed E-state index contributed by atoms with van der Waals surface area (Å²) in [6.45, 7) is 5.58. The van der Waals surface area contributed by atoms with Crippen LogP contribution in [0.5, 0.6) is 5.75 Å². The number of hydrogen-bond donors (Lipinski definition) is 0. The number of fused-ring (bicyclic) bond motifs is 1. The van der Waals surface area contributed by atoms with Crippen LogP contribution in [0.25, 0.3) is 10.2 Å². The Kier molecular flexibility index (Phi) is 8.02. The van der Waals surface area contributed by atoms with Crippen LogP contribution in [0, 0.1) is 13.8 Å². The Morgan fingerprint density at radius 3 is 2.55 bits per heavy atom. The average molecular weight is 434 g/mol. The third-order valence-electron chi connectivity index (χ3n) is 4.64. The first-order chi connectivity index (χ1) is 13.4. The normalized spacial score (nSPS) is 10.8. The van der Waals surface area contributed by atoms with Crippen LogP contribution in [0.4, 0.5) is 5.13 Å². The Balaban J connectivity index is 0.00000300. The van der Waals surface area contributed by atoms with E-state index in [2.05, 4.69) is 11.8 Å². The van der Waals surface area contributed by atoms with Crippen molar-refractivity contribution in [3.63, 3.8) is 0 Å². The van der Waals surface area contributed by atoms with E-state index in [4.69, 9.17) is 9.72 Å². The van der Waals surface area contributed by atoms with Crippen LogP contribution in [0.2, 0.25) is 0 Å². The molecule has 1 amide bonds. The van der Waals surface area contributed by atoms with E-state index in [0.29, 0.717) is 17.2 Å². The van der Waals surface area contributed by atoms with Gasteiger partial charge >= 0.3 is 0 Å². The second-order valence-corrected chi connectivity index (χ2v) is 8.22. The minimum Gasteiger partial charge on any atom is -0.494 e. The van der Waals surface area contributed by atoms with Gasteiger partial charge in [-0.1, -0.05) is 35.1 Å². The van der Waals surface area contributed by atoms with Crippen molar-refractivity contribution in [2.24, 2.45) is 0 Å². The molecule has 1 aromatic heterocycles. The molecule has 0 unspecified atom stereocenters. The van der Waals surface area contributed by atoms with Crippen LogP contribution < -0.4 is 9.64 Å². The highest BCUT2D eigenvalue weighted by Crippen LogP contribution is 2.36. The van der Waals surface area contributed by atoms with Crippen LogP contribution >= 0.6 is 23.7 Å². The topological polar surface area (TPSA) is 45.7 Å². The van der Waals surface area contributed by atoms with E-state index < -0.39 is 0 Å². The average Bonchev–Trinajstić information content (AvgIpc) is 3.11. The van der Waals surface area contributed by atoms with Crippen molar-refractivity contribution in [3.05, 3.63) is 53.1 Å². The lowest BCUT2D eigenvalue weighted by Crippen LogP contribution is -2.33. The second-order valence-electron chi connectivity index (χ2n) is 7.24. The maximum Gasteiger partial charge on any atom is 0.260 e. The summed E-state index contributed by atoms with van der Waals surface area (Å²) in [4.78, 5) is 22.1. The molecular formula is C22H28ClN3O2S. The molecule has 0 N–H and O–H groups in total. The van der Waals surface area contributed by atoms with Crippen LogP contribution in [-0.4, -0.2) is 50.1 Å². The van der Waals surface area contributed by atoms with E-state index in [1.807, 2.05) is 62.3 Å². The van der Waals surface area contributed by atoms with Crippen molar-refractivity contribution in [1.82, 2.24) is 9.88 Å². The number of benzene rings is 2. The smallest absolute Gasteiger partial charge is 0.260 e. The fourth-order valence-electron chi connectivity index (χ4n) is 3.14. The van der Waals surface area contributed by atoms with Crippen LogP contribution in [0.1, 0.15) is 27.9 Å². The number of anilines is 1. The van der Waals surface area contributed by atoms with E-state index in [1.54, 1.807) is 18.4 Å². The third kappa shape index (κ3) is 5.26. The van der Waals surface area contributed by atoms with E-state index in [1.165, 1.54) is 0 Å². The van der Waals surface area contributed by atoms with Crippen molar-refractivity contribution >= 4 is 45.0 Å². The Morgan fingerprint density at radius 1 is 1.14 bits per heavy atom. The molecule has 0 spiro atoms. The van der Waals surface area contributed by atoms with Gasteiger partial charge in [0.25, 0.3) is 5.91 Å². The molecule has 29 heavy (non-hydrogen) atoms. The van der Waals surface area contributed by atoms with Gasteiger partial charge in [-0.3, -0.25) is 9.69 Å². The van der Waals surface area contributed by atoms with E-state index in [9.17, 15) is 4.79 Å². The standard InChI is InChI=1S/C22H27N3O2S.ClH/c1-15-8-6-9-17(14-15)21(26)25(13-7-12-24(3)4)22-23-19-18(27-5)11-10-16(2)20(19)28-22;/h6,8-11,14H,7,12-13H2,1-5H3;1H. The molecule has 2 aromatic carbocycles. The van der Waals surface area contributed by atoms with Crippen molar-refractivity contribution in [2.75, 3.05) is 39.2 Å². The molecule has 0 atom stereocenters. The fourth-order valence-corrected chi connectivity index (χ4v) is 4.22. The highest BCUT2D eigenvalue weighted by Gasteiger charge is 2.22. The molecule has 0 saturated heterocycles. The maximum absolute atomic E-state index is 13.3. The summed E-state index contributed by atoms with van der Waals surface area (Å²) in [6.07, 6.45) is 0.872. The summed E-state index contributed by atoms with van der Waals surface area (Å²) in [5.74, 6) is 0.720. The molecule has 1 heterocycles. The molecule has 0 bridgehead atoms.